The van der Waals surface area contributed by atoms with Crippen LogP contribution in [0.3, 0.4) is 0 Å². The predicted octanol–water partition coefficient (Wildman–Crippen LogP) is 4.80. The molecule has 0 saturated carbocycles. The summed E-state index contributed by atoms with van der Waals surface area (Å²) in [6.07, 6.45) is 5.71. The van der Waals surface area contributed by atoms with Gasteiger partial charge in [0, 0.05) is 114 Å². The number of amides is 4. The van der Waals surface area contributed by atoms with Gasteiger partial charge in [-0.15, -0.1) is 0 Å². The summed E-state index contributed by atoms with van der Waals surface area (Å²) in [7, 11) is 3.26. The number of para-hydroxylation sites is 2. The third kappa shape index (κ3) is 7.78. The third-order valence-electron chi connectivity index (χ3n) is 14.8. The lowest BCUT2D eigenvalue weighted by atomic mass is 9.75. The van der Waals surface area contributed by atoms with E-state index < -0.39 is 17.7 Å². The van der Waals surface area contributed by atoms with Gasteiger partial charge in [0.15, 0.2) is 5.60 Å². The molecule has 0 aliphatic carbocycles. The molecule has 6 heterocycles. The number of piperazine rings is 1. The minimum Gasteiger partial charge on any atom is -0.506 e. The molecule has 330 valence electrons. The number of fused-ring (bicyclic) bond motifs is 1. The molecule has 62 heavy (non-hydrogen) atoms. The van der Waals surface area contributed by atoms with Crippen molar-refractivity contribution in [2.75, 3.05) is 94.4 Å². The van der Waals surface area contributed by atoms with Crippen LogP contribution in [0.25, 0.3) is 0 Å². The first-order valence-electron chi connectivity index (χ1n) is 22.7. The summed E-state index contributed by atoms with van der Waals surface area (Å²) in [5.41, 5.74) is 4.17. The molecular weight excluding hydrogens is 787 g/mol. The number of phenolic OH excluding ortho intramolecular Hbond substituents is 1. The number of nitrogens with one attached hydrogen (secondary N) is 1. The number of piperidine rings is 3. The number of nitrogens with zero attached hydrogens (tertiary/aromatic N) is 6. The number of anilines is 3. The smallest absolute Gasteiger partial charge is 0.262 e. The quantitative estimate of drug-likeness (QED) is 0.192. The number of imide groups is 1. The van der Waals surface area contributed by atoms with Crippen molar-refractivity contribution in [3.05, 3.63) is 77.4 Å². The molecule has 14 heteroatoms. The molecule has 9 rings (SSSR count). The van der Waals surface area contributed by atoms with Crippen LogP contribution in [0, 0.1) is 11.8 Å². The van der Waals surface area contributed by atoms with Gasteiger partial charge in [-0.25, -0.2) is 0 Å². The zero-order chi connectivity index (χ0) is 43.1. The highest BCUT2D eigenvalue weighted by molar-refractivity contribution is 6.09. The number of aromatic hydroxyl groups is 1. The van der Waals surface area contributed by atoms with Gasteiger partial charge in [-0.1, -0.05) is 25.1 Å². The van der Waals surface area contributed by atoms with Gasteiger partial charge in [0.25, 0.3) is 11.8 Å². The molecule has 1 unspecified atom stereocenters. The summed E-state index contributed by atoms with van der Waals surface area (Å²) >= 11 is 0. The first-order valence-corrected chi connectivity index (χ1v) is 22.7. The van der Waals surface area contributed by atoms with E-state index in [4.69, 9.17) is 9.47 Å². The average molecular weight is 848 g/mol. The highest BCUT2D eigenvalue weighted by atomic mass is 16.5. The van der Waals surface area contributed by atoms with Crippen molar-refractivity contribution in [1.82, 2.24) is 20.0 Å². The molecule has 6 aliphatic heterocycles. The van der Waals surface area contributed by atoms with Crippen molar-refractivity contribution in [2.24, 2.45) is 11.8 Å². The summed E-state index contributed by atoms with van der Waals surface area (Å²) in [5, 5.41) is 13.1. The van der Waals surface area contributed by atoms with Crippen molar-refractivity contribution >= 4 is 40.7 Å². The maximum absolute atomic E-state index is 13.6. The number of hydrogen-bond acceptors (Lipinski definition) is 11. The summed E-state index contributed by atoms with van der Waals surface area (Å²) in [6, 6.07) is 18.3. The fraction of sp³-hybridized carbons (Fsp3) is 0.542. The minimum atomic E-state index is -1.04. The molecule has 3 atom stereocenters. The van der Waals surface area contributed by atoms with Gasteiger partial charge in [0.05, 0.1) is 12.8 Å². The topological polar surface area (TPSA) is 138 Å². The second kappa shape index (κ2) is 17.5. The Bertz CT molecular complexity index is 2170. The average Bonchev–Trinajstić information content (AvgIpc) is 3.62. The molecule has 14 nitrogen and oxygen atoms in total. The monoisotopic (exact) mass is 847 g/mol. The van der Waals surface area contributed by atoms with Gasteiger partial charge >= 0.3 is 0 Å². The Balaban J connectivity index is 0.723. The largest absolute Gasteiger partial charge is 0.506 e. The molecule has 0 spiro atoms. The predicted molar refractivity (Wildman–Crippen MR) is 237 cm³/mol. The summed E-state index contributed by atoms with van der Waals surface area (Å²) in [5.74, 6) is 1.17. The number of methoxy groups -OCH3 is 2. The molecule has 4 amide bonds. The van der Waals surface area contributed by atoms with E-state index in [1.165, 1.54) is 0 Å². The van der Waals surface area contributed by atoms with E-state index in [0.29, 0.717) is 48.2 Å². The van der Waals surface area contributed by atoms with Crippen molar-refractivity contribution in [1.29, 1.82) is 0 Å². The Hall–Kier alpha value is -5.18. The normalized spacial score (nSPS) is 25.6. The summed E-state index contributed by atoms with van der Waals surface area (Å²) in [4.78, 5) is 64.4. The summed E-state index contributed by atoms with van der Waals surface area (Å²) < 4.78 is 11.9. The number of ether oxygens (including phenoxy) is 2. The minimum absolute atomic E-state index is 0.0544. The highest BCUT2D eigenvalue weighted by Gasteiger charge is 2.62. The zero-order valence-corrected chi connectivity index (χ0v) is 36.4. The van der Waals surface area contributed by atoms with Crippen molar-refractivity contribution in [3.8, 4) is 11.5 Å². The first kappa shape index (κ1) is 42.1. The van der Waals surface area contributed by atoms with Crippen LogP contribution >= 0.6 is 0 Å². The van der Waals surface area contributed by atoms with E-state index in [-0.39, 0.29) is 35.8 Å². The Morgan fingerprint density at radius 3 is 1.95 bits per heavy atom. The molecule has 6 aliphatic rings. The van der Waals surface area contributed by atoms with Crippen LogP contribution in [-0.4, -0.2) is 135 Å². The van der Waals surface area contributed by atoms with Crippen LogP contribution in [0.2, 0.25) is 0 Å². The lowest BCUT2D eigenvalue weighted by Gasteiger charge is -2.55. The van der Waals surface area contributed by atoms with Gasteiger partial charge in [0.2, 0.25) is 11.8 Å². The van der Waals surface area contributed by atoms with Crippen LogP contribution in [0.5, 0.6) is 11.5 Å². The van der Waals surface area contributed by atoms with Crippen LogP contribution in [0.1, 0.15) is 79.4 Å². The molecular formula is C48H61N7O7. The highest BCUT2D eigenvalue weighted by Crippen LogP contribution is 2.54. The van der Waals surface area contributed by atoms with Gasteiger partial charge in [-0.05, 0) is 92.3 Å². The Morgan fingerprint density at radius 2 is 1.37 bits per heavy atom. The van der Waals surface area contributed by atoms with Crippen molar-refractivity contribution in [2.45, 2.75) is 76.1 Å². The molecule has 5 saturated heterocycles. The standard InChI is InChI=1S/C48H61N7O7/c1-4-48(62-3)44(55(47(48)60)39-7-5-6-8-41(39)56)38-12-10-36(28-42(38)61-2)53-21-17-33(18-22-53)30-51-25-23-50(24-26-51)29-32-15-19-52(20-16-32)35-9-11-37-34(27-35)31-54(46(37)59)40-13-14-43(57)49-45(40)58/h5-12,27-28,32-33,40,44,56H,4,13-26,29-31H2,1-3H3,(H,49,57,58)/t40?,44-,48-/m0/s1. The first-order chi connectivity index (χ1) is 30.1. The number of carbonyl (C=O) groups is 4. The lowest BCUT2D eigenvalue weighted by molar-refractivity contribution is -0.160. The molecule has 0 bridgehead atoms. The lowest BCUT2D eigenvalue weighted by Crippen LogP contribution is -2.69. The van der Waals surface area contributed by atoms with E-state index in [2.05, 4.69) is 55.2 Å². The van der Waals surface area contributed by atoms with Gasteiger partial charge in [-0.3, -0.25) is 29.4 Å². The van der Waals surface area contributed by atoms with Crippen LogP contribution in [0.15, 0.2) is 60.7 Å². The van der Waals surface area contributed by atoms with Crippen molar-refractivity contribution in [3.63, 3.8) is 0 Å². The zero-order valence-electron chi connectivity index (χ0n) is 36.4. The Kier molecular flexibility index (Phi) is 11.9. The van der Waals surface area contributed by atoms with Gasteiger partial charge < -0.3 is 39.1 Å². The second-order valence-electron chi connectivity index (χ2n) is 18.1. The van der Waals surface area contributed by atoms with Gasteiger partial charge in [0.1, 0.15) is 23.6 Å². The summed E-state index contributed by atoms with van der Waals surface area (Å²) in [6.45, 7) is 13.1. The molecule has 3 aromatic carbocycles. The Morgan fingerprint density at radius 1 is 0.758 bits per heavy atom. The Labute approximate surface area is 364 Å². The van der Waals surface area contributed by atoms with Crippen molar-refractivity contribution < 1.29 is 33.8 Å². The van der Waals surface area contributed by atoms with E-state index in [1.54, 1.807) is 42.2 Å². The van der Waals surface area contributed by atoms with Gasteiger partial charge in [-0.2, -0.15) is 0 Å². The number of carbonyl (C=O) groups excluding carboxylic acids is 4. The van der Waals surface area contributed by atoms with E-state index in [1.807, 2.05) is 19.1 Å². The molecule has 5 fully saturated rings. The van der Waals surface area contributed by atoms with E-state index in [9.17, 15) is 24.3 Å². The number of rotatable bonds is 12. The van der Waals surface area contributed by atoms with Crippen LogP contribution in [-0.2, 0) is 25.7 Å². The molecule has 0 aromatic heterocycles. The number of hydrogen-bond donors (Lipinski definition) is 2. The van der Waals surface area contributed by atoms with Crippen LogP contribution < -0.4 is 24.8 Å². The molecule has 2 N–H and O–H groups in total. The SMILES string of the molecule is CC[C@@]1(OC)C(=O)N(c2ccccc2O)[C@H]1c1ccc(N2CCC(CN3CCN(CC4CCN(c5ccc6c(c5)CN(C5CCC(=O)NC5=O)C6=O)CC4)CC3)CC2)cc1OC. The van der Waals surface area contributed by atoms with E-state index in [0.717, 1.165) is 114 Å². The molecule has 3 aromatic rings. The number of β-lactam (4-membered cyclic amide) rings is 1. The maximum atomic E-state index is 13.6. The molecule has 0 radical (unpaired) electrons. The van der Waals surface area contributed by atoms with E-state index >= 15 is 0 Å². The number of phenols is 1. The third-order valence-corrected chi connectivity index (χ3v) is 14.8. The fourth-order valence-electron chi connectivity index (χ4n) is 11.1. The number of benzene rings is 3. The second-order valence-corrected chi connectivity index (χ2v) is 18.1. The van der Waals surface area contributed by atoms with Crippen LogP contribution in [0.4, 0.5) is 17.1 Å². The fourth-order valence-corrected chi connectivity index (χ4v) is 11.1. The maximum Gasteiger partial charge on any atom is 0.262 e.